The summed E-state index contributed by atoms with van der Waals surface area (Å²) in [6, 6.07) is 3.93. The second-order valence-electron chi connectivity index (χ2n) is 2.72. The van der Waals surface area contributed by atoms with E-state index in [9.17, 15) is 4.79 Å². The van der Waals surface area contributed by atoms with Crippen molar-refractivity contribution in [1.82, 2.24) is 4.57 Å². The fourth-order valence-corrected chi connectivity index (χ4v) is 1.36. The summed E-state index contributed by atoms with van der Waals surface area (Å²) < 4.78 is 6.62. The summed E-state index contributed by atoms with van der Waals surface area (Å²) in [6.45, 7) is 0.634. The average molecular weight is 163 g/mol. The molecule has 3 nitrogen and oxygen atoms in total. The summed E-state index contributed by atoms with van der Waals surface area (Å²) in [5, 5.41) is 0. The first-order valence-corrected chi connectivity index (χ1v) is 3.75. The molecule has 1 aromatic rings. The first-order valence-electron chi connectivity index (χ1n) is 3.75. The molecule has 12 heavy (non-hydrogen) atoms. The van der Waals surface area contributed by atoms with E-state index in [0.717, 1.165) is 5.69 Å². The zero-order valence-electron chi connectivity index (χ0n) is 6.78. The third-order valence-electron chi connectivity index (χ3n) is 1.98. The molecule has 0 amide bonds. The van der Waals surface area contributed by atoms with Crippen LogP contribution in [0.2, 0.25) is 0 Å². The van der Waals surface area contributed by atoms with Gasteiger partial charge >= 0.3 is 5.97 Å². The number of nitrogens with zero attached hydrogens (tertiary/aromatic N) is 1. The molecule has 0 spiro atoms. The van der Waals surface area contributed by atoms with Crippen LogP contribution in [0.1, 0.15) is 5.69 Å². The van der Waals surface area contributed by atoms with E-state index in [2.05, 4.69) is 4.74 Å². The Labute approximate surface area is 70.3 Å². The lowest BCUT2D eigenvalue weighted by molar-refractivity contribution is -0.136. The summed E-state index contributed by atoms with van der Waals surface area (Å²) in [5.41, 5.74) is 1.78. The van der Waals surface area contributed by atoms with Crippen molar-refractivity contribution in [3.05, 3.63) is 29.6 Å². The zero-order valence-corrected chi connectivity index (χ0v) is 6.78. The maximum atomic E-state index is 11.1. The van der Waals surface area contributed by atoms with Gasteiger partial charge in [-0.1, -0.05) is 0 Å². The van der Waals surface area contributed by atoms with Gasteiger partial charge in [0.2, 0.25) is 0 Å². The van der Waals surface area contributed by atoms with Crippen LogP contribution < -0.4 is 0 Å². The molecule has 0 atom stereocenters. The Morgan fingerprint density at radius 2 is 2.50 bits per heavy atom. The van der Waals surface area contributed by atoms with Gasteiger partial charge in [0, 0.05) is 11.9 Å². The minimum atomic E-state index is -0.237. The normalized spacial score (nSPS) is 13.9. The molecule has 1 aliphatic rings. The van der Waals surface area contributed by atoms with Gasteiger partial charge in [-0.15, -0.1) is 0 Å². The third-order valence-corrected chi connectivity index (χ3v) is 1.98. The van der Waals surface area contributed by atoms with E-state index < -0.39 is 0 Å². The predicted molar refractivity (Wildman–Crippen MR) is 44.4 cm³/mol. The van der Waals surface area contributed by atoms with Crippen LogP contribution in [0.15, 0.2) is 23.9 Å². The smallest absolute Gasteiger partial charge is 0.335 e. The molecule has 2 rings (SSSR count). The zero-order chi connectivity index (χ0) is 8.55. The van der Waals surface area contributed by atoms with Gasteiger partial charge in [0.25, 0.3) is 0 Å². The summed E-state index contributed by atoms with van der Waals surface area (Å²) in [7, 11) is 1.40. The van der Waals surface area contributed by atoms with Gasteiger partial charge in [-0.25, -0.2) is 4.79 Å². The number of fused-ring (bicyclic) bond motifs is 1. The third kappa shape index (κ3) is 0.942. The van der Waals surface area contributed by atoms with Crippen LogP contribution in [0.25, 0.3) is 6.08 Å². The molecule has 0 radical (unpaired) electrons. The van der Waals surface area contributed by atoms with Crippen LogP contribution in [-0.4, -0.2) is 17.6 Å². The average Bonchev–Trinajstić information content (AvgIpc) is 2.60. The first-order chi connectivity index (χ1) is 5.81. The predicted octanol–water partition coefficient (Wildman–Crippen LogP) is 1.06. The molecule has 2 heterocycles. The van der Waals surface area contributed by atoms with Crippen LogP contribution in [-0.2, 0) is 16.1 Å². The van der Waals surface area contributed by atoms with Gasteiger partial charge in [0.15, 0.2) is 0 Å². The molecule has 0 fully saturated rings. The second-order valence-corrected chi connectivity index (χ2v) is 2.72. The van der Waals surface area contributed by atoms with Crippen molar-refractivity contribution in [2.24, 2.45) is 0 Å². The van der Waals surface area contributed by atoms with Crippen molar-refractivity contribution in [3.63, 3.8) is 0 Å². The lowest BCUT2D eigenvalue weighted by atomic mass is 10.2. The molecule has 0 unspecified atom stereocenters. The van der Waals surface area contributed by atoms with Crippen molar-refractivity contribution < 1.29 is 9.53 Å². The van der Waals surface area contributed by atoms with Gasteiger partial charge < -0.3 is 9.30 Å². The summed E-state index contributed by atoms with van der Waals surface area (Å²) in [6.07, 6.45) is 3.80. The highest BCUT2D eigenvalue weighted by atomic mass is 16.5. The van der Waals surface area contributed by atoms with Crippen LogP contribution in [0.3, 0.4) is 0 Å². The van der Waals surface area contributed by atoms with E-state index >= 15 is 0 Å². The summed E-state index contributed by atoms with van der Waals surface area (Å²) in [5.74, 6) is -0.237. The molecule has 0 aliphatic carbocycles. The molecule has 0 bridgehead atoms. The van der Waals surface area contributed by atoms with Crippen LogP contribution in [0.5, 0.6) is 0 Å². The minimum absolute atomic E-state index is 0.237. The topological polar surface area (TPSA) is 31.2 Å². The van der Waals surface area contributed by atoms with E-state index in [1.165, 1.54) is 7.11 Å². The molecule has 0 saturated carbocycles. The van der Waals surface area contributed by atoms with Crippen molar-refractivity contribution in [1.29, 1.82) is 0 Å². The molecule has 1 aliphatic heterocycles. The van der Waals surface area contributed by atoms with Gasteiger partial charge in [-0.2, -0.15) is 0 Å². The Morgan fingerprint density at radius 3 is 3.17 bits per heavy atom. The highest BCUT2D eigenvalue weighted by molar-refractivity contribution is 5.94. The Balaban J connectivity index is 2.27. The quantitative estimate of drug-likeness (QED) is 0.579. The highest BCUT2D eigenvalue weighted by Crippen LogP contribution is 2.19. The van der Waals surface area contributed by atoms with Crippen molar-refractivity contribution in [2.75, 3.05) is 7.11 Å². The number of carbonyl (C=O) groups excluding carboxylic acids is 1. The molecule has 0 saturated heterocycles. The lowest BCUT2D eigenvalue weighted by Crippen LogP contribution is -2.06. The van der Waals surface area contributed by atoms with Crippen molar-refractivity contribution in [2.45, 2.75) is 6.54 Å². The molecule has 1 aromatic heterocycles. The number of hydrogen-bond donors (Lipinski definition) is 0. The van der Waals surface area contributed by atoms with Gasteiger partial charge in [0.1, 0.15) is 0 Å². The largest absolute Gasteiger partial charge is 0.466 e. The fourth-order valence-electron chi connectivity index (χ4n) is 1.36. The number of rotatable bonds is 1. The SMILES string of the molecule is COC(=O)C1=Cc2cccn2C1. The Hall–Kier alpha value is -1.51. The number of methoxy groups -OCH3 is 1. The van der Waals surface area contributed by atoms with E-state index in [1.54, 1.807) is 0 Å². The number of esters is 1. The molecule has 3 heteroatoms. The number of hydrogen-bond acceptors (Lipinski definition) is 2. The van der Waals surface area contributed by atoms with E-state index in [0.29, 0.717) is 12.1 Å². The molecule has 0 N–H and O–H groups in total. The van der Waals surface area contributed by atoms with Gasteiger partial charge in [-0.05, 0) is 18.2 Å². The number of carbonyl (C=O) groups is 1. The molecular weight excluding hydrogens is 154 g/mol. The minimum Gasteiger partial charge on any atom is -0.466 e. The van der Waals surface area contributed by atoms with Gasteiger partial charge in [-0.3, -0.25) is 0 Å². The Kier molecular flexibility index (Phi) is 1.50. The maximum Gasteiger partial charge on any atom is 0.335 e. The fraction of sp³-hybridized carbons (Fsp3) is 0.222. The van der Waals surface area contributed by atoms with Crippen LogP contribution >= 0.6 is 0 Å². The monoisotopic (exact) mass is 163 g/mol. The first kappa shape index (κ1) is 7.16. The summed E-state index contributed by atoms with van der Waals surface area (Å²) >= 11 is 0. The Morgan fingerprint density at radius 1 is 1.67 bits per heavy atom. The lowest BCUT2D eigenvalue weighted by Gasteiger charge is -1.99. The second kappa shape index (κ2) is 2.52. The van der Waals surface area contributed by atoms with Crippen LogP contribution in [0.4, 0.5) is 0 Å². The van der Waals surface area contributed by atoms with E-state index in [-0.39, 0.29) is 5.97 Å². The Bertz CT molecular complexity index is 349. The molecule has 62 valence electrons. The van der Waals surface area contributed by atoms with E-state index in [1.807, 2.05) is 29.0 Å². The van der Waals surface area contributed by atoms with E-state index in [4.69, 9.17) is 0 Å². The molecular formula is C9H9NO2. The standard InChI is InChI=1S/C9H9NO2/c1-12-9(11)7-5-8-3-2-4-10(8)6-7/h2-5H,6H2,1H3. The van der Waals surface area contributed by atoms with Crippen LogP contribution in [0, 0.1) is 0 Å². The highest BCUT2D eigenvalue weighted by Gasteiger charge is 2.17. The molecule has 0 aromatic carbocycles. The van der Waals surface area contributed by atoms with Crippen molar-refractivity contribution >= 4 is 12.0 Å². The van der Waals surface area contributed by atoms with Gasteiger partial charge in [0.05, 0.1) is 19.2 Å². The van der Waals surface area contributed by atoms with Crippen molar-refractivity contribution in [3.8, 4) is 0 Å². The maximum absolute atomic E-state index is 11.1. The number of ether oxygens (including phenoxy) is 1. The number of aromatic nitrogens is 1. The summed E-state index contributed by atoms with van der Waals surface area (Å²) in [4.78, 5) is 11.1.